The average Bonchev–Trinajstić information content (AvgIpc) is 2.64. The van der Waals surface area contributed by atoms with Crippen molar-refractivity contribution in [2.45, 2.75) is 32.5 Å². The fraction of sp³-hybridized carbons (Fsp3) is 0.273. The third-order valence-electron chi connectivity index (χ3n) is 4.04. The van der Waals surface area contributed by atoms with Gasteiger partial charge in [-0.1, -0.05) is 47.7 Å². The van der Waals surface area contributed by atoms with Crippen LogP contribution in [0.3, 0.4) is 0 Å². The molecule has 0 radical (unpaired) electrons. The Labute approximate surface area is 167 Å². The lowest BCUT2D eigenvalue weighted by molar-refractivity contribution is -0.137. The molecule has 0 aliphatic heterocycles. The monoisotopic (exact) mass is 402 g/mol. The Balaban J connectivity index is 1.95. The highest BCUT2D eigenvalue weighted by Gasteiger charge is 2.30. The molecule has 0 fully saturated rings. The van der Waals surface area contributed by atoms with Crippen LogP contribution < -0.4 is 10.6 Å². The van der Waals surface area contributed by atoms with Gasteiger partial charge in [-0.25, -0.2) is 0 Å². The molecule has 1 atom stereocenters. The number of hydrogen-bond donors (Lipinski definition) is 2. The number of amides is 2. The first-order valence-electron chi connectivity index (χ1n) is 8.91. The zero-order chi connectivity index (χ0) is 21.4. The summed E-state index contributed by atoms with van der Waals surface area (Å²) in [4.78, 5) is 23.6. The number of alkyl halides is 3. The van der Waals surface area contributed by atoms with Gasteiger partial charge in [-0.2, -0.15) is 13.2 Å². The quantitative estimate of drug-likeness (QED) is 0.749. The highest BCUT2D eigenvalue weighted by molar-refractivity contribution is 5.79. The molecule has 4 nitrogen and oxygen atoms in total. The molecule has 2 N–H and O–H groups in total. The largest absolute Gasteiger partial charge is 0.416 e. The Morgan fingerprint density at radius 3 is 2.41 bits per heavy atom. The summed E-state index contributed by atoms with van der Waals surface area (Å²) >= 11 is 0. The van der Waals surface area contributed by atoms with Gasteiger partial charge >= 0.3 is 6.18 Å². The molecule has 0 aliphatic rings. The van der Waals surface area contributed by atoms with Gasteiger partial charge in [0.1, 0.15) is 0 Å². The van der Waals surface area contributed by atoms with Gasteiger partial charge in [-0.05, 0) is 30.7 Å². The van der Waals surface area contributed by atoms with Gasteiger partial charge in [0, 0.05) is 12.5 Å². The first-order valence-corrected chi connectivity index (χ1v) is 8.91. The van der Waals surface area contributed by atoms with Gasteiger partial charge in [0.05, 0.1) is 24.6 Å². The van der Waals surface area contributed by atoms with E-state index >= 15 is 0 Å². The van der Waals surface area contributed by atoms with Gasteiger partial charge in [-0.3, -0.25) is 9.59 Å². The van der Waals surface area contributed by atoms with E-state index < -0.39 is 17.8 Å². The molecule has 2 rings (SSSR count). The molecule has 2 amide bonds. The molecule has 0 bridgehead atoms. The van der Waals surface area contributed by atoms with E-state index in [1.165, 1.54) is 19.1 Å². The standard InChI is InChI=1S/C22H21F3N2O2/c1-15-8-10-18(11-9-15)20(27-16(2)28)14-21(29)26-12-4-6-17-5-3-7-19(13-17)22(23,24)25/h3,5,7-11,13,20H,12,14H2,1-2H3,(H,26,29)(H,27,28)/t20-/m0/s1. The Morgan fingerprint density at radius 2 is 1.79 bits per heavy atom. The highest BCUT2D eigenvalue weighted by atomic mass is 19.4. The SMILES string of the molecule is CC(=O)N[C@@H](CC(=O)NCC#Cc1cccc(C(F)(F)F)c1)c1ccc(C)cc1. The number of aryl methyl sites for hydroxylation is 1. The summed E-state index contributed by atoms with van der Waals surface area (Å²) in [6.07, 6.45) is -4.41. The van der Waals surface area contributed by atoms with Crippen LogP contribution in [-0.4, -0.2) is 18.4 Å². The van der Waals surface area contributed by atoms with Gasteiger partial charge in [-0.15, -0.1) is 0 Å². The number of nitrogens with one attached hydrogen (secondary N) is 2. The van der Waals surface area contributed by atoms with Crippen molar-refractivity contribution >= 4 is 11.8 Å². The minimum Gasteiger partial charge on any atom is -0.349 e. The molecule has 0 saturated heterocycles. The summed E-state index contributed by atoms with van der Waals surface area (Å²) in [5.41, 5.74) is 1.30. The molecule has 2 aromatic carbocycles. The Morgan fingerprint density at radius 1 is 1.10 bits per heavy atom. The molecule has 2 aromatic rings. The molecule has 0 unspecified atom stereocenters. The lowest BCUT2D eigenvalue weighted by Gasteiger charge is -2.18. The van der Waals surface area contributed by atoms with E-state index in [9.17, 15) is 22.8 Å². The summed E-state index contributed by atoms with van der Waals surface area (Å²) in [5, 5.41) is 5.34. The summed E-state index contributed by atoms with van der Waals surface area (Å²) in [5.74, 6) is 4.65. The third-order valence-corrected chi connectivity index (χ3v) is 4.04. The predicted molar refractivity (Wildman–Crippen MR) is 104 cm³/mol. The highest BCUT2D eigenvalue weighted by Crippen LogP contribution is 2.29. The number of hydrogen-bond acceptors (Lipinski definition) is 2. The summed E-state index contributed by atoms with van der Waals surface area (Å²) < 4.78 is 38.1. The maximum absolute atomic E-state index is 12.7. The number of rotatable bonds is 5. The summed E-state index contributed by atoms with van der Waals surface area (Å²) in [6.45, 7) is 3.29. The topological polar surface area (TPSA) is 58.2 Å². The zero-order valence-electron chi connectivity index (χ0n) is 16.1. The molecule has 0 aromatic heterocycles. The second-order valence-electron chi connectivity index (χ2n) is 6.52. The van der Waals surface area contributed by atoms with E-state index in [0.29, 0.717) is 0 Å². The van der Waals surface area contributed by atoms with Crippen molar-refractivity contribution in [3.8, 4) is 11.8 Å². The second-order valence-corrected chi connectivity index (χ2v) is 6.52. The minimum atomic E-state index is -4.43. The van der Waals surface area contributed by atoms with Gasteiger partial charge in [0.25, 0.3) is 0 Å². The molecule has 7 heteroatoms. The van der Waals surface area contributed by atoms with Gasteiger partial charge < -0.3 is 10.6 Å². The van der Waals surface area contributed by atoms with E-state index in [2.05, 4.69) is 22.5 Å². The van der Waals surface area contributed by atoms with E-state index in [-0.39, 0.29) is 30.3 Å². The number of halogens is 3. The Bertz CT molecular complexity index is 926. The lowest BCUT2D eigenvalue weighted by Crippen LogP contribution is -2.32. The summed E-state index contributed by atoms with van der Waals surface area (Å²) in [6, 6.07) is 11.7. The van der Waals surface area contributed by atoms with E-state index in [1.807, 2.05) is 31.2 Å². The van der Waals surface area contributed by atoms with Crippen molar-refractivity contribution in [1.82, 2.24) is 10.6 Å². The fourth-order valence-electron chi connectivity index (χ4n) is 2.62. The first-order chi connectivity index (χ1) is 13.6. The molecule has 0 aliphatic carbocycles. The molecule has 29 heavy (non-hydrogen) atoms. The van der Waals surface area contributed by atoms with Crippen molar-refractivity contribution in [1.29, 1.82) is 0 Å². The van der Waals surface area contributed by atoms with Crippen molar-refractivity contribution in [3.63, 3.8) is 0 Å². The number of carbonyl (C=O) groups excluding carboxylic acids is 2. The van der Waals surface area contributed by atoms with E-state index in [4.69, 9.17) is 0 Å². The van der Waals surface area contributed by atoms with Crippen molar-refractivity contribution < 1.29 is 22.8 Å². The van der Waals surface area contributed by atoms with Crippen molar-refractivity contribution in [3.05, 3.63) is 70.8 Å². The predicted octanol–water partition coefficient (Wildman–Crippen LogP) is 3.75. The summed E-state index contributed by atoms with van der Waals surface area (Å²) in [7, 11) is 0. The van der Waals surface area contributed by atoms with Crippen LogP contribution in [0.2, 0.25) is 0 Å². The van der Waals surface area contributed by atoms with Crippen LogP contribution in [0.5, 0.6) is 0 Å². The van der Waals surface area contributed by atoms with Gasteiger partial charge in [0.2, 0.25) is 11.8 Å². The molecular weight excluding hydrogens is 381 g/mol. The van der Waals surface area contributed by atoms with Gasteiger partial charge in [0.15, 0.2) is 0 Å². The Hall–Kier alpha value is -3.27. The zero-order valence-corrected chi connectivity index (χ0v) is 16.1. The minimum absolute atomic E-state index is 0.0181. The lowest BCUT2D eigenvalue weighted by atomic mass is 10.0. The van der Waals surface area contributed by atoms with Crippen LogP contribution in [0.1, 0.15) is 41.6 Å². The normalized spacial score (nSPS) is 11.8. The molecule has 0 saturated carbocycles. The maximum Gasteiger partial charge on any atom is 0.416 e. The van der Waals surface area contributed by atoms with Crippen LogP contribution in [0.25, 0.3) is 0 Å². The second kappa shape index (κ2) is 9.78. The smallest absolute Gasteiger partial charge is 0.349 e. The third kappa shape index (κ3) is 7.34. The van der Waals surface area contributed by atoms with Crippen LogP contribution in [-0.2, 0) is 15.8 Å². The van der Waals surface area contributed by atoms with Crippen LogP contribution in [0, 0.1) is 18.8 Å². The first kappa shape index (κ1) is 22.0. The van der Waals surface area contributed by atoms with Crippen LogP contribution in [0.15, 0.2) is 48.5 Å². The molecular formula is C22H21F3N2O2. The van der Waals surface area contributed by atoms with E-state index in [1.54, 1.807) is 0 Å². The maximum atomic E-state index is 12.7. The fourth-order valence-corrected chi connectivity index (χ4v) is 2.62. The number of carbonyl (C=O) groups is 2. The van der Waals surface area contributed by atoms with Crippen LogP contribution >= 0.6 is 0 Å². The molecule has 0 heterocycles. The van der Waals surface area contributed by atoms with Crippen LogP contribution in [0.4, 0.5) is 13.2 Å². The molecule has 152 valence electrons. The van der Waals surface area contributed by atoms with Crippen molar-refractivity contribution in [2.75, 3.05) is 6.54 Å². The Kier molecular flexibility index (Phi) is 7.43. The molecule has 0 spiro atoms. The number of benzene rings is 2. The van der Waals surface area contributed by atoms with Crippen molar-refractivity contribution in [2.24, 2.45) is 0 Å². The van der Waals surface area contributed by atoms with E-state index in [0.717, 1.165) is 23.3 Å². The average molecular weight is 402 g/mol.